The number of carboxylic acid groups (broad SMARTS) is 2. The maximum Gasteiger partial charge on any atom is 0.364 e. The molecular formula is C6H10O7. The minimum atomic E-state index is -2.89. The highest BCUT2D eigenvalue weighted by Crippen LogP contribution is 2.14. The van der Waals surface area contributed by atoms with Gasteiger partial charge < -0.3 is 25.2 Å². The van der Waals surface area contributed by atoms with Crippen molar-refractivity contribution in [1.82, 2.24) is 0 Å². The summed E-state index contributed by atoms with van der Waals surface area (Å²) >= 11 is 0. The highest BCUT2D eigenvalue weighted by Gasteiger charge is 2.41. The van der Waals surface area contributed by atoms with Gasteiger partial charge in [-0.1, -0.05) is 0 Å². The number of ether oxygens (including phenoxy) is 1. The van der Waals surface area contributed by atoms with Gasteiger partial charge in [0.25, 0.3) is 5.79 Å². The summed E-state index contributed by atoms with van der Waals surface area (Å²) in [5.74, 6) is -6.30. The molecule has 0 saturated heterocycles. The molecule has 4 N–H and O–H groups in total. The van der Waals surface area contributed by atoms with Crippen molar-refractivity contribution in [3.63, 3.8) is 0 Å². The highest BCUT2D eigenvalue weighted by molar-refractivity contribution is 5.82. The van der Waals surface area contributed by atoms with Crippen molar-refractivity contribution in [3.8, 4) is 0 Å². The van der Waals surface area contributed by atoms with Gasteiger partial charge in [0, 0.05) is 0 Å². The second-order valence-corrected chi connectivity index (χ2v) is 2.38. The van der Waals surface area contributed by atoms with Gasteiger partial charge in [-0.2, -0.15) is 0 Å². The molecule has 0 rings (SSSR count). The van der Waals surface area contributed by atoms with E-state index in [1.165, 1.54) is 0 Å². The molecular weight excluding hydrogens is 184 g/mol. The average Bonchev–Trinajstić information content (AvgIpc) is 1.82. The van der Waals surface area contributed by atoms with E-state index in [0.717, 1.165) is 6.92 Å². The zero-order valence-electron chi connectivity index (χ0n) is 6.80. The van der Waals surface area contributed by atoms with Gasteiger partial charge in [-0.3, -0.25) is 4.79 Å². The fourth-order valence-electron chi connectivity index (χ4n) is 0.655. The quantitative estimate of drug-likeness (QED) is 0.396. The van der Waals surface area contributed by atoms with Crippen LogP contribution < -0.4 is 0 Å². The lowest BCUT2D eigenvalue weighted by Crippen LogP contribution is -2.45. The molecule has 0 heterocycles. The third kappa shape index (κ3) is 3.83. The van der Waals surface area contributed by atoms with Crippen LogP contribution in [0.15, 0.2) is 0 Å². The van der Waals surface area contributed by atoms with E-state index < -0.39 is 30.4 Å². The van der Waals surface area contributed by atoms with Crippen LogP contribution in [-0.4, -0.2) is 44.4 Å². The Labute approximate surface area is 73.2 Å². The van der Waals surface area contributed by atoms with Crippen molar-refractivity contribution < 1.29 is 34.8 Å². The molecule has 0 bridgehead atoms. The molecule has 0 saturated carbocycles. The Balaban J connectivity index is 4.52. The number of aliphatic carboxylic acids is 2. The first-order chi connectivity index (χ1) is 5.78. The van der Waals surface area contributed by atoms with Crippen molar-refractivity contribution in [3.05, 3.63) is 0 Å². The smallest absolute Gasteiger partial charge is 0.364 e. The molecule has 0 fully saturated rings. The van der Waals surface area contributed by atoms with E-state index in [4.69, 9.17) is 20.4 Å². The van der Waals surface area contributed by atoms with Crippen LogP contribution in [0.5, 0.6) is 0 Å². The van der Waals surface area contributed by atoms with Crippen LogP contribution >= 0.6 is 0 Å². The van der Waals surface area contributed by atoms with E-state index in [-0.39, 0.29) is 0 Å². The molecule has 7 nitrogen and oxygen atoms in total. The fourth-order valence-corrected chi connectivity index (χ4v) is 0.655. The van der Waals surface area contributed by atoms with E-state index in [9.17, 15) is 9.59 Å². The zero-order valence-corrected chi connectivity index (χ0v) is 6.80. The van der Waals surface area contributed by atoms with Gasteiger partial charge in [-0.05, 0) is 6.92 Å². The van der Waals surface area contributed by atoms with Crippen molar-refractivity contribution in [2.24, 2.45) is 0 Å². The van der Waals surface area contributed by atoms with Crippen molar-refractivity contribution in [2.45, 2.75) is 25.4 Å². The van der Waals surface area contributed by atoms with Crippen LogP contribution in [0, 0.1) is 0 Å². The Bertz CT molecular complexity index is 211. The fraction of sp³-hybridized carbons (Fsp3) is 0.667. The van der Waals surface area contributed by atoms with Gasteiger partial charge >= 0.3 is 11.9 Å². The van der Waals surface area contributed by atoms with E-state index in [1.54, 1.807) is 0 Å². The standard InChI is InChI=1S/C6H10O7/c1-3(7)13-6(12,5(10)11)2-4(8)9/h3,7,12H,2H2,1H3,(H,8,9)(H,10,11). The molecule has 2 atom stereocenters. The minimum absolute atomic E-state index is 1.05. The molecule has 0 radical (unpaired) electrons. The first-order valence-electron chi connectivity index (χ1n) is 3.31. The Morgan fingerprint density at radius 1 is 1.46 bits per heavy atom. The SMILES string of the molecule is CC(O)OC(O)(CC(=O)O)C(=O)O. The lowest BCUT2D eigenvalue weighted by atomic mass is 10.2. The van der Waals surface area contributed by atoms with E-state index in [2.05, 4.69) is 4.74 Å². The molecule has 7 heteroatoms. The molecule has 0 aromatic heterocycles. The van der Waals surface area contributed by atoms with Gasteiger partial charge in [-0.25, -0.2) is 4.79 Å². The normalized spacial score (nSPS) is 17.5. The maximum atomic E-state index is 10.3. The van der Waals surface area contributed by atoms with Gasteiger partial charge in [0.15, 0.2) is 6.29 Å². The second kappa shape index (κ2) is 4.17. The third-order valence-corrected chi connectivity index (χ3v) is 1.09. The number of aliphatic hydroxyl groups excluding tert-OH is 1. The van der Waals surface area contributed by atoms with Gasteiger partial charge in [0.05, 0.1) is 0 Å². The van der Waals surface area contributed by atoms with Crippen LogP contribution in [-0.2, 0) is 14.3 Å². The zero-order chi connectivity index (χ0) is 10.6. The molecule has 0 aliphatic carbocycles. The molecule has 0 aliphatic heterocycles. The third-order valence-electron chi connectivity index (χ3n) is 1.09. The molecule has 0 spiro atoms. The summed E-state index contributed by atoms with van der Waals surface area (Å²) in [5.41, 5.74) is 0. The Morgan fingerprint density at radius 2 is 1.92 bits per heavy atom. The number of rotatable bonds is 5. The summed E-state index contributed by atoms with van der Waals surface area (Å²) in [7, 11) is 0. The molecule has 13 heavy (non-hydrogen) atoms. The van der Waals surface area contributed by atoms with Gasteiger partial charge in [0.2, 0.25) is 0 Å². The molecule has 0 amide bonds. The van der Waals surface area contributed by atoms with Crippen LogP contribution in [0.3, 0.4) is 0 Å². The first-order valence-corrected chi connectivity index (χ1v) is 3.31. The van der Waals surface area contributed by atoms with Gasteiger partial charge in [-0.15, -0.1) is 0 Å². The van der Waals surface area contributed by atoms with Crippen molar-refractivity contribution in [2.75, 3.05) is 0 Å². The van der Waals surface area contributed by atoms with E-state index in [0.29, 0.717) is 0 Å². The average molecular weight is 194 g/mol. The number of hydrogen-bond donors (Lipinski definition) is 4. The maximum absolute atomic E-state index is 10.3. The molecule has 0 aromatic rings. The lowest BCUT2D eigenvalue weighted by molar-refractivity contribution is -0.273. The van der Waals surface area contributed by atoms with Crippen molar-refractivity contribution >= 4 is 11.9 Å². The van der Waals surface area contributed by atoms with Crippen LogP contribution in [0.4, 0.5) is 0 Å². The molecule has 0 aromatic carbocycles. The number of carboxylic acids is 2. The van der Waals surface area contributed by atoms with Gasteiger partial charge in [0.1, 0.15) is 6.42 Å². The van der Waals surface area contributed by atoms with E-state index in [1.807, 2.05) is 0 Å². The van der Waals surface area contributed by atoms with Crippen LogP contribution in [0.1, 0.15) is 13.3 Å². The summed E-state index contributed by atoms with van der Waals surface area (Å²) in [6.45, 7) is 1.05. The lowest BCUT2D eigenvalue weighted by Gasteiger charge is -2.23. The predicted octanol–water partition coefficient (Wildman–Crippen LogP) is -1.41. The molecule has 76 valence electrons. The topological polar surface area (TPSA) is 124 Å². The first kappa shape index (κ1) is 11.8. The summed E-state index contributed by atoms with van der Waals surface area (Å²) in [4.78, 5) is 20.5. The summed E-state index contributed by atoms with van der Waals surface area (Å²) < 4.78 is 4.14. The predicted molar refractivity (Wildman–Crippen MR) is 37.6 cm³/mol. The monoisotopic (exact) mass is 194 g/mol. The van der Waals surface area contributed by atoms with Crippen LogP contribution in [0.25, 0.3) is 0 Å². The van der Waals surface area contributed by atoms with E-state index >= 15 is 0 Å². The number of carbonyl (C=O) groups is 2. The summed E-state index contributed by atoms with van der Waals surface area (Å²) in [6.07, 6.45) is -2.71. The molecule has 0 aliphatic rings. The number of aliphatic hydroxyl groups is 2. The Kier molecular flexibility index (Phi) is 3.79. The number of hydrogen-bond acceptors (Lipinski definition) is 5. The largest absolute Gasteiger partial charge is 0.481 e. The molecule has 2 unspecified atom stereocenters. The Morgan fingerprint density at radius 3 is 2.15 bits per heavy atom. The van der Waals surface area contributed by atoms with Crippen molar-refractivity contribution in [1.29, 1.82) is 0 Å². The summed E-state index contributed by atoms with van der Waals surface area (Å²) in [6, 6.07) is 0. The minimum Gasteiger partial charge on any atom is -0.481 e. The highest BCUT2D eigenvalue weighted by atomic mass is 16.7. The second-order valence-electron chi connectivity index (χ2n) is 2.38. The summed E-state index contributed by atoms with van der Waals surface area (Å²) in [5, 5.41) is 34.3. The van der Waals surface area contributed by atoms with Crippen LogP contribution in [0.2, 0.25) is 0 Å². The Hall–Kier alpha value is -1.18.